The van der Waals surface area contributed by atoms with E-state index in [0.29, 0.717) is 12.3 Å². The number of anilines is 1. The van der Waals surface area contributed by atoms with Gasteiger partial charge in [0, 0.05) is 23.2 Å². The van der Waals surface area contributed by atoms with E-state index in [2.05, 4.69) is 15.5 Å². The molecule has 0 saturated carbocycles. The first kappa shape index (κ1) is 12.3. The number of aromatic hydroxyl groups is 1. The molecule has 0 amide bonds. The third-order valence-electron chi connectivity index (χ3n) is 3.23. The van der Waals surface area contributed by atoms with Gasteiger partial charge in [-0.15, -0.1) is 0 Å². The minimum absolute atomic E-state index is 0.173. The van der Waals surface area contributed by atoms with E-state index in [1.165, 1.54) is 0 Å². The maximum atomic E-state index is 10.0. The third-order valence-corrected chi connectivity index (χ3v) is 3.23. The molecule has 0 aliphatic rings. The number of aromatic nitrogens is 2. The average molecular weight is 269 g/mol. The van der Waals surface area contributed by atoms with E-state index in [0.717, 1.165) is 22.2 Å². The van der Waals surface area contributed by atoms with Gasteiger partial charge in [0.1, 0.15) is 0 Å². The smallest absolute Gasteiger partial charge is 0.162 e. The van der Waals surface area contributed by atoms with Crippen LogP contribution in [0, 0.1) is 0 Å². The summed E-state index contributed by atoms with van der Waals surface area (Å²) in [6.45, 7) is 0.520. The SMILES string of the molecule is COc1cccc(CNc2ccc3[nH]ncc3c2)c1O. The van der Waals surface area contributed by atoms with E-state index in [-0.39, 0.29) is 5.75 Å². The van der Waals surface area contributed by atoms with Crippen molar-refractivity contribution in [3.63, 3.8) is 0 Å². The highest BCUT2D eigenvalue weighted by atomic mass is 16.5. The Labute approximate surface area is 116 Å². The van der Waals surface area contributed by atoms with Crippen LogP contribution in [-0.4, -0.2) is 22.4 Å². The summed E-state index contributed by atoms with van der Waals surface area (Å²) in [5.41, 5.74) is 2.76. The van der Waals surface area contributed by atoms with Gasteiger partial charge in [0.2, 0.25) is 0 Å². The summed E-state index contributed by atoms with van der Waals surface area (Å²) in [7, 11) is 1.54. The normalized spacial score (nSPS) is 10.7. The van der Waals surface area contributed by atoms with Crippen LogP contribution in [-0.2, 0) is 6.54 Å². The van der Waals surface area contributed by atoms with Crippen LogP contribution in [0.1, 0.15) is 5.56 Å². The molecule has 0 bridgehead atoms. The first-order valence-corrected chi connectivity index (χ1v) is 6.30. The number of aromatic amines is 1. The number of nitrogens with zero attached hydrogens (tertiary/aromatic N) is 1. The van der Waals surface area contributed by atoms with Crippen LogP contribution in [0.2, 0.25) is 0 Å². The number of benzene rings is 2. The molecule has 0 atom stereocenters. The number of hydrogen-bond donors (Lipinski definition) is 3. The molecule has 0 spiro atoms. The van der Waals surface area contributed by atoms with Gasteiger partial charge in [0.25, 0.3) is 0 Å². The molecule has 0 aliphatic heterocycles. The fourth-order valence-electron chi connectivity index (χ4n) is 2.13. The summed E-state index contributed by atoms with van der Waals surface area (Å²) in [5, 5.41) is 21.2. The molecule has 1 heterocycles. The van der Waals surface area contributed by atoms with Crippen LogP contribution in [0.3, 0.4) is 0 Å². The van der Waals surface area contributed by atoms with Gasteiger partial charge < -0.3 is 15.2 Å². The second-order valence-electron chi connectivity index (χ2n) is 4.49. The molecular formula is C15H15N3O2. The molecule has 1 aromatic heterocycles. The van der Waals surface area contributed by atoms with E-state index in [1.54, 1.807) is 19.4 Å². The average Bonchev–Trinajstić information content (AvgIpc) is 2.93. The van der Waals surface area contributed by atoms with E-state index in [4.69, 9.17) is 4.74 Å². The first-order chi connectivity index (χ1) is 9.78. The predicted molar refractivity (Wildman–Crippen MR) is 78.1 cm³/mol. The largest absolute Gasteiger partial charge is 0.504 e. The number of fused-ring (bicyclic) bond motifs is 1. The molecule has 0 saturated heterocycles. The van der Waals surface area contributed by atoms with Gasteiger partial charge >= 0.3 is 0 Å². The second-order valence-corrected chi connectivity index (χ2v) is 4.49. The lowest BCUT2D eigenvalue weighted by Gasteiger charge is -2.10. The highest BCUT2D eigenvalue weighted by molar-refractivity contribution is 5.81. The van der Waals surface area contributed by atoms with Gasteiger partial charge in [-0.1, -0.05) is 12.1 Å². The van der Waals surface area contributed by atoms with Crippen LogP contribution in [0.5, 0.6) is 11.5 Å². The number of methoxy groups -OCH3 is 1. The molecule has 5 heteroatoms. The number of H-pyrrole nitrogens is 1. The standard InChI is InChI=1S/C15H15N3O2/c1-20-14-4-2-3-10(15(14)19)8-16-12-5-6-13-11(7-12)9-17-18-13/h2-7,9,16,19H,8H2,1H3,(H,17,18). The zero-order chi connectivity index (χ0) is 13.9. The lowest BCUT2D eigenvalue weighted by atomic mass is 10.1. The maximum Gasteiger partial charge on any atom is 0.162 e. The molecule has 0 fully saturated rings. The van der Waals surface area contributed by atoms with E-state index < -0.39 is 0 Å². The van der Waals surface area contributed by atoms with Gasteiger partial charge in [0.15, 0.2) is 11.5 Å². The van der Waals surface area contributed by atoms with Crippen molar-refractivity contribution in [2.75, 3.05) is 12.4 Å². The highest BCUT2D eigenvalue weighted by Gasteiger charge is 2.07. The Morgan fingerprint density at radius 2 is 2.20 bits per heavy atom. The number of para-hydroxylation sites is 1. The first-order valence-electron chi connectivity index (χ1n) is 6.30. The topological polar surface area (TPSA) is 70.2 Å². The molecule has 0 radical (unpaired) electrons. The van der Waals surface area contributed by atoms with Gasteiger partial charge in [-0.05, 0) is 24.3 Å². The highest BCUT2D eigenvalue weighted by Crippen LogP contribution is 2.30. The van der Waals surface area contributed by atoms with Crippen molar-refractivity contribution in [2.24, 2.45) is 0 Å². The van der Waals surface area contributed by atoms with Crippen molar-refractivity contribution >= 4 is 16.6 Å². The number of phenols is 1. The van der Waals surface area contributed by atoms with Crippen molar-refractivity contribution in [1.29, 1.82) is 0 Å². The van der Waals surface area contributed by atoms with Crippen molar-refractivity contribution in [3.8, 4) is 11.5 Å². The molecule has 3 N–H and O–H groups in total. The second kappa shape index (κ2) is 5.13. The molecule has 5 nitrogen and oxygen atoms in total. The number of rotatable bonds is 4. The molecule has 102 valence electrons. The fraction of sp³-hybridized carbons (Fsp3) is 0.133. The fourth-order valence-corrected chi connectivity index (χ4v) is 2.13. The summed E-state index contributed by atoms with van der Waals surface area (Å²) in [5.74, 6) is 0.654. The molecule has 0 aliphatic carbocycles. The number of hydrogen-bond acceptors (Lipinski definition) is 4. The van der Waals surface area contributed by atoms with Crippen molar-refractivity contribution in [3.05, 3.63) is 48.2 Å². The predicted octanol–water partition coefficient (Wildman–Crippen LogP) is 2.89. The van der Waals surface area contributed by atoms with Gasteiger partial charge in [-0.25, -0.2) is 0 Å². The summed E-state index contributed by atoms with van der Waals surface area (Å²) in [6.07, 6.45) is 1.78. The van der Waals surface area contributed by atoms with Crippen LogP contribution in [0.15, 0.2) is 42.6 Å². The van der Waals surface area contributed by atoms with Gasteiger partial charge in [0.05, 0.1) is 18.8 Å². The van der Waals surface area contributed by atoms with E-state index in [1.807, 2.05) is 30.3 Å². The molecule has 3 rings (SSSR count). The summed E-state index contributed by atoms with van der Waals surface area (Å²) in [6, 6.07) is 11.4. The molecular weight excluding hydrogens is 254 g/mol. The summed E-state index contributed by atoms with van der Waals surface area (Å²) in [4.78, 5) is 0. The lowest BCUT2D eigenvalue weighted by Crippen LogP contribution is -2.00. The van der Waals surface area contributed by atoms with Crippen molar-refractivity contribution in [1.82, 2.24) is 10.2 Å². The Hall–Kier alpha value is -2.69. The van der Waals surface area contributed by atoms with Crippen LogP contribution < -0.4 is 10.1 Å². The number of phenolic OH excluding ortho intramolecular Hbond substituents is 1. The number of ether oxygens (including phenoxy) is 1. The molecule has 0 unspecified atom stereocenters. The minimum atomic E-state index is 0.173. The Balaban J connectivity index is 1.79. The zero-order valence-electron chi connectivity index (χ0n) is 11.1. The summed E-state index contributed by atoms with van der Waals surface area (Å²) >= 11 is 0. The van der Waals surface area contributed by atoms with Crippen LogP contribution in [0.4, 0.5) is 5.69 Å². The molecule has 20 heavy (non-hydrogen) atoms. The van der Waals surface area contributed by atoms with E-state index in [9.17, 15) is 5.11 Å². The quantitative estimate of drug-likeness (QED) is 0.681. The van der Waals surface area contributed by atoms with Crippen LogP contribution >= 0.6 is 0 Å². The monoisotopic (exact) mass is 269 g/mol. The summed E-state index contributed by atoms with van der Waals surface area (Å²) < 4.78 is 5.09. The Kier molecular flexibility index (Phi) is 3.16. The zero-order valence-corrected chi connectivity index (χ0v) is 11.1. The Morgan fingerprint density at radius 3 is 3.05 bits per heavy atom. The Bertz CT molecular complexity index is 737. The molecule has 2 aromatic carbocycles. The van der Waals surface area contributed by atoms with Crippen molar-refractivity contribution < 1.29 is 9.84 Å². The maximum absolute atomic E-state index is 10.0. The number of nitrogens with one attached hydrogen (secondary N) is 2. The van der Waals surface area contributed by atoms with Gasteiger partial charge in [-0.3, -0.25) is 5.10 Å². The molecule has 3 aromatic rings. The van der Waals surface area contributed by atoms with Gasteiger partial charge in [-0.2, -0.15) is 5.10 Å². The van der Waals surface area contributed by atoms with Crippen LogP contribution in [0.25, 0.3) is 10.9 Å². The van der Waals surface area contributed by atoms with E-state index >= 15 is 0 Å². The Morgan fingerprint density at radius 1 is 1.30 bits per heavy atom. The lowest BCUT2D eigenvalue weighted by molar-refractivity contribution is 0.371. The third kappa shape index (κ3) is 2.25. The van der Waals surface area contributed by atoms with Crippen molar-refractivity contribution in [2.45, 2.75) is 6.54 Å². The minimum Gasteiger partial charge on any atom is -0.504 e.